The summed E-state index contributed by atoms with van der Waals surface area (Å²) < 4.78 is 27.6. The van der Waals surface area contributed by atoms with Crippen molar-refractivity contribution >= 4 is 16.8 Å². The third-order valence-electron chi connectivity index (χ3n) is 2.90. The SMILES string of the molecule is CC(C)n1ccc(CS(=O)c2cc(C(=O)O)ccc2F)n1. The van der Waals surface area contributed by atoms with Crippen LogP contribution < -0.4 is 0 Å². The van der Waals surface area contributed by atoms with Crippen molar-refractivity contribution in [3.05, 3.63) is 47.5 Å². The maximum Gasteiger partial charge on any atom is 0.335 e. The second kappa shape index (κ2) is 6.17. The maximum absolute atomic E-state index is 13.7. The van der Waals surface area contributed by atoms with E-state index in [0.29, 0.717) is 5.69 Å². The number of hydrogen-bond donors (Lipinski definition) is 1. The molecule has 0 spiro atoms. The number of aromatic nitrogens is 2. The molecule has 1 N–H and O–H groups in total. The summed E-state index contributed by atoms with van der Waals surface area (Å²) in [5, 5.41) is 13.1. The first kappa shape index (κ1) is 15.4. The van der Waals surface area contributed by atoms with E-state index < -0.39 is 22.6 Å². The van der Waals surface area contributed by atoms with Gasteiger partial charge in [0.15, 0.2) is 0 Å². The molecule has 0 bridgehead atoms. The predicted molar refractivity (Wildman–Crippen MR) is 76.1 cm³/mol. The smallest absolute Gasteiger partial charge is 0.335 e. The average molecular weight is 310 g/mol. The van der Waals surface area contributed by atoms with Gasteiger partial charge in [0, 0.05) is 12.2 Å². The quantitative estimate of drug-likeness (QED) is 0.921. The van der Waals surface area contributed by atoms with Crippen LogP contribution in [0.3, 0.4) is 0 Å². The fourth-order valence-corrected chi connectivity index (χ4v) is 2.89. The summed E-state index contributed by atoms with van der Waals surface area (Å²) in [5.41, 5.74) is 0.481. The van der Waals surface area contributed by atoms with Crippen LogP contribution in [0.4, 0.5) is 4.39 Å². The van der Waals surface area contributed by atoms with Crippen LogP contribution in [0.1, 0.15) is 35.9 Å². The minimum absolute atomic E-state index is 0.0414. The fraction of sp³-hybridized carbons (Fsp3) is 0.286. The van der Waals surface area contributed by atoms with Gasteiger partial charge in [-0.05, 0) is 38.1 Å². The van der Waals surface area contributed by atoms with Gasteiger partial charge in [-0.2, -0.15) is 5.10 Å². The Hall–Kier alpha value is -2.02. The molecule has 1 heterocycles. The van der Waals surface area contributed by atoms with E-state index >= 15 is 0 Å². The zero-order chi connectivity index (χ0) is 15.6. The first-order valence-electron chi connectivity index (χ1n) is 6.33. The van der Waals surface area contributed by atoms with Gasteiger partial charge in [-0.1, -0.05) is 0 Å². The number of rotatable bonds is 5. The van der Waals surface area contributed by atoms with E-state index in [-0.39, 0.29) is 22.3 Å². The highest BCUT2D eigenvalue weighted by Crippen LogP contribution is 2.18. The van der Waals surface area contributed by atoms with Gasteiger partial charge in [0.25, 0.3) is 0 Å². The molecule has 2 rings (SSSR count). The molecular formula is C14H15FN2O3S. The summed E-state index contributed by atoms with van der Waals surface area (Å²) in [4.78, 5) is 10.8. The van der Waals surface area contributed by atoms with E-state index in [1.165, 1.54) is 0 Å². The molecule has 1 aromatic heterocycles. The lowest BCUT2D eigenvalue weighted by Gasteiger charge is -2.05. The number of carbonyl (C=O) groups is 1. The lowest BCUT2D eigenvalue weighted by atomic mass is 10.2. The number of benzene rings is 1. The normalized spacial score (nSPS) is 12.6. The number of nitrogens with zero attached hydrogens (tertiary/aromatic N) is 2. The highest BCUT2D eigenvalue weighted by Gasteiger charge is 2.15. The molecule has 7 heteroatoms. The average Bonchev–Trinajstić information content (AvgIpc) is 2.87. The Morgan fingerprint density at radius 3 is 2.71 bits per heavy atom. The molecule has 0 saturated heterocycles. The zero-order valence-corrected chi connectivity index (χ0v) is 12.4. The van der Waals surface area contributed by atoms with Crippen molar-refractivity contribution in [3.8, 4) is 0 Å². The van der Waals surface area contributed by atoms with E-state index in [0.717, 1.165) is 18.2 Å². The van der Waals surface area contributed by atoms with E-state index in [1.807, 2.05) is 13.8 Å². The minimum Gasteiger partial charge on any atom is -0.478 e. The summed E-state index contributed by atoms with van der Waals surface area (Å²) in [6.45, 7) is 3.92. The topological polar surface area (TPSA) is 72.2 Å². The Morgan fingerprint density at radius 1 is 1.43 bits per heavy atom. The van der Waals surface area contributed by atoms with Gasteiger partial charge in [0.1, 0.15) is 5.82 Å². The molecule has 0 amide bonds. The predicted octanol–water partition coefficient (Wildman–Crippen LogP) is 2.61. The van der Waals surface area contributed by atoms with Gasteiger partial charge >= 0.3 is 5.97 Å². The van der Waals surface area contributed by atoms with Crippen molar-refractivity contribution < 1.29 is 18.5 Å². The highest BCUT2D eigenvalue weighted by atomic mass is 32.2. The maximum atomic E-state index is 13.7. The molecule has 0 radical (unpaired) electrons. The summed E-state index contributed by atoms with van der Waals surface area (Å²) in [6.07, 6.45) is 1.77. The molecule has 112 valence electrons. The molecule has 1 atom stereocenters. The van der Waals surface area contributed by atoms with Gasteiger partial charge in [0.05, 0.1) is 32.7 Å². The third-order valence-corrected chi connectivity index (χ3v) is 4.26. The van der Waals surface area contributed by atoms with Gasteiger partial charge in [-0.15, -0.1) is 0 Å². The largest absolute Gasteiger partial charge is 0.478 e. The monoisotopic (exact) mass is 310 g/mol. The summed E-state index contributed by atoms with van der Waals surface area (Å²) >= 11 is 0. The Kier molecular flexibility index (Phi) is 4.52. The van der Waals surface area contributed by atoms with Crippen molar-refractivity contribution in [1.29, 1.82) is 0 Å². The van der Waals surface area contributed by atoms with E-state index in [4.69, 9.17) is 5.11 Å². The Bertz CT molecular complexity index is 697. The second-order valence-electron chi connectivity index (χ2n) is 4.82. The first-order valence-corrected chi connectivity index (χ1v) is 7.65. The molecule has 2 aromatic rings. The Morgan fingerprint density at radius 2 is 2.14 bits per heavy atom. The van der Waals surface area contributed by atoms with Crippen LogP contribution in [-0.2, 0) is 16.6 Å². The minimum atomic E-state index is -1.69. The molecule has 5 nitrogen and oxygen atoms in total. The van der Waals surface area contributed by atoms with Crippen LogP contribution in [-0.4, -0.2) is 25.1 Å². The fourth-order valence-electron chi connectivity index (χ4n) is 1.76. The molecule has 0 aliphatic carbocycles. The van der Waals surface area contributed by atoms with Crippen LogP contribution in [0.15, 0.2) is 35.4 Å². The molecule has 0 aliphatic heterocycles. The molecule has 0 saturated carbocycles. The summed E-state index contributed by atoms with van der Waals surface area (Å²) in [7, 11) is -1.69. The van der Waals surface area contributed by atoms with E-state index in [2.05, 4.69) is 5.10 Å². The number of carboxylic acid groups (broad SMARTS) is 1. The lowest BCUT2D eigenvalue weighted by molar-refractivity contribution is 0.0696. The summed E-state index contributed by atoms with van der Waals surface area (Å²) in [5.74, 6) is -1.82. The van der Waals surface area contributed by atoms with Crippen LogP contribution in [0, 0.1) is 5.82 Å². The highest BCUT2D eigenvalue weighted by molar-refractivity contribution is 7.84. The standard InChI is InChI=1S/C14H15FN2O3S/c1-9(2)17-6-5-11(16-17)8-21(20)13-7-10(14(18)19)3-4-12(13)15/h3-7,9H,8H2,1-2H3,(H,18,19). The Balaban J connectivity index is 2.23. The van der Waals surface area contributed by atoms with Crippen LogP contribution in [0.25, 0.3) is 0 Å². The van der Waals surface area contributed by atoms with Crippen molar-refractivity contribution in [1.82, 2.24) is 9.78 Å². The molecule has 1 aromatic carbocycles. The molecule has 0 aliphatic rings. The van der Waals surface area contributed by atoms with Gasteiger partial charge in [-0.25, -0.2) is 9.18 Å². The molecule has 1 unspecified atom stereocenters. The number of halogens is 1. The summed E-state index contributed by atoms with van der Waals surface area (Å²) in [6, 6.07) is 5.17. The first-order chi connectivity index (χ1) is 9.88. The van der Waals surface area contributed by atoms with Crippen molar-refractivity contribution in [2.75, 3.05) is 0 Å². The van der Waals surface area contributed by atoms with Gasteiger partial charge in [-0.3, -0.25) is 8.89 Å². The lowest BCUT2D eigenvalue weighted by Crippen LogP contribution is -2.05. The molecular weight excluding hydrogens is 295 g/mol. The van der Waals surface area contributed by atoms with E-state index in [9.17, 15) is 13.4 Å². The third kappa shape index (κ3) is 3.55. The van der Waals surface area contributed by atoms with Crippen LogP contribution in [0.2, 0.25) is 0 Å². The second-order valence-corrected chi connectivity index (χ2v) is 6.24. The van der Waals surface area contributed by atoms with Crippen molar-refractivity contribution in [2.24, 2.45) is 0 Å². The zero-order valence-electron chi connectivity index (χ0n) is 11.6. The van der Waals surface area contributed by atoms with Gasteiger partial charge < -0.3 is 5.11 Å². The number of hydrogen-bond acceptors (Lipinski definition) is 3. The van der Waals surface area contributed by atoms with Crippen LogP contribution in [0.5, 0.6) is 0 Å². The number of aromatic carboxylic acids is 1. The van der Waals surface area contributed by atoms with E-state index in [1.54, 1.807) is 16.9 Å². The Labute approximate surface area is 123 Å². The van der Waals surface area contributed by atoms with Crippen molar-refractivity contribution in [2.45, 2.75) is 30.5 Å². The number of carboxylic acids is 1. The van der Waals surface area contributed by atoms with Crippen molar-refractivity contribution in [3.63, 3.8) is 0 Å². The van der Waals surface area contributed by atoms with Crippen LogP contribution >= 0.6 is 0 Å². The van der Waals surface area contributed by atoms with Gasteiger partial charge in [0.2, 0.25) is 0 Å². The molecule has 21 heavy (non-hydrogen) atoms. The molecule has 0 fully saturated rings.